The maximum absolute atomic E-state index is 12.4. The molecule has 2 aliphatic carbocycles. The van der Waals surface area contributed by atoms with Gasteiger partial charge in [0.1, 0.15) is 10.5 Å². The van der Waals surface area contributed by atoms with Gasteiger partial charge < -0.3 is 10.1 Å². The molecule has 2 aromatic rings. The lowest BCUT2D eigenvalue weighted by Gasteiger charge is -2.40. The van der Waals surface area contributed by atoms with Crippen LogP contribution in [0, 0.1) is 11.3 Å². The highest BCUT2D eigenvalue weighted by atomic mass is 32.1. The molecule has 1 saturated heterocycles. The number of amides is 1. The van der Waals surface area contributed by atoms with Gasteiger partial charge in [0.05, 0.1) is 28.8 Å². The largest absolute Gasteiger partial charge is 0.375 e. The molecule has 0 bridgehead atoms. The molecule has 1 aromatic heterocycles. The van der Waals surface area contributed by atoms with Crippen molar-refractivity contribution >= 4 is 27.5 Å². The second-order valence-corrected chi connectivity index (χ2v) is 7.31. The van der Waals surface area contributed by atoms with E-state index in [4.69, 9.17) is 9.72 Å². The number of benzene rings is 1. The highest BCUT2D eigenvalue weighted by Gasteiger charge is 2.75. The first-order valence-corrected chi connectivity index (χ1v) is 7.80. The number of nitrogens with one attached hydrogen (secondary N) is 1. The van der Waals surface area contributed by atoms with E-state index < -0.39 is 0 Å². The predicted molar refractivity (Wildman–Crippen MR) is 75.4 cm³/mol. The molecule has 1 aromatic carbocycles. The zero-order valence-corrected chi connectivity index (χ0v) is 11.7. The average molecular weight is 286 g/mol. The molecule has 4 nitrogen and oxygen atoms in total. The number of thiazole rings is 1. The first-order valence-electron chi connectivity index (χ1n) is 6.98. The van der Waals surface area contributed by atoms with Gasteiger partial charge in [-0.2, -0.15) is 0 Å². The maximum Gasteiger partial charge on any atom is 0.227 e. The van der Waals surface area contributed by atoms with Crippen LogP contribution >= 0.6 is 11.3 Å². The smallest absolute Gasteiger partial charge is 0.227 e. The van der Waals surface area contributed by atoms with Crippen LogP contribution in [0.4, 0.5) is 0 Å². The van der Waals surface area contributed by atoms with Gasteiger partial charge in [-0.05, 0) is 30.9 Å². The molecule has 0 atom stereocenters. The average Bonchev–Trinajstić information content (AvgIpc) is 3.21. The minimum atomic E-state index is -0.384. The van der Waals surface area contributed by atoms with Crippen molar-refractivity contribution in [3.63, 3.8) is 0 Å². The fourth-order valence-corrected chi connectivity index (χ4v) is 4.13. The molecule has 0 radical (unpaired) electrons. The number of para-hydroxylation sites is 1. The van der Waals surface area contributed by atoms with E-state index in [0.29, 0.717) is 19.1 Å². The Bertz CT molecular complexity index is 695. The highest BCUT2D eigenvalue weighted by molar-refractivity contribution is 7.18. The van der Waals surface area contributed by atoms with E-state index in [-0.39, 0.29) is 16.9 Å². The summed E-state index contributed by atoms with van der Waals surface area (Å²) < 4.78 is 6.55. The molecule has 5 rings (SSSR count). The zero-order valence-electron chi connectivity index (χ0n) is 10.9. The van der Waals surface area contributed by atoms with E-state index >= 15 is 0 Å². The summed E-state index contributed by atoms with van der Waals surface area (Å²) in [6, 6.07) is 8.10. The van der Waals surface area contributed by atoms with Crippen LogP contribution in [0.1, 0.15) is 17.8 Å². The minimum absolute atomic E-state index is 0.000722. The number of hydrogen-bond donors (Lipinski definition) is 1. The summed E-state index contributed by atoms with van der Waals surface area (Å²) in [5.41, 5.74) is 0.617. The molecule has 3 aliphatic rings. The molecule has 5 heteroatoms. The van der Waals surface area contributed by atoms with Crippen LogP contribution < -0.4 is 5.32 Å². The number of aromatic nitrogens is 1. The SMILES string of the molecule is O=C(NC1(c2nc3ccccc3s2)COC1)C12CC1C2. The van der Waals surface area contributed by atoms with Gasteiger partial charge in [0.25, 0.3) is 0 Å². The summed E-state index contributed by atoms with van der Waals surface area (Å²) in [6.07, 6.45) is 2.16. The van der Waals surface area contributed by atoms with Crippen LogP contribution in [0.2, 0.25) is 0 Å². The first kappa shape index (κ1) is 11.2. The molecular weight excluding hydrogens is 272 g/mol. The van der Waals surface area contributed by atoms with Gasteiger partial charge in [0.15, 0.2) is 0 Å². The Morgan fingerprint density at radius 3 is 2.70 bits per heavy atom. The Labute approximate surface area is 120 Å². The van der Waals surface area contributed by atoms with E-state index in [1.165, 1.54) is 0 Å². The molecule has 1 N–H and O–H groups in total. The van der Waals surface area contributed by atoms with Crippen molar-refractivity contribution < 1.29 is 9.53 Å². The third kappa shape index (κ3) is 1.34. The second-order valence-electron chi connectivity index (χ2n) is 6.28. The molecule has 2 saturated carbocycles. The van der Waals surface area contributed by atoms with Crippen molar-refractivity contribution in [2.75, 3.05) is 13.2 Å². The van der Waals surface area contributed by atoms with Gasteiger partial charge in [-0.15, -0.1) is 11.3 Å². The number of rotatable bonds is 3. The number of nitrogens with zero attached hydrogens (tertiary/aromatic N) is 1. The number of ether oxygens (including phenoxy) is 1. The van der Waals surface area contributed by atoms with E-state index in [0.717, 1.165) is 28.1 Å². The van der Waals surface area contributed by atoms with Crippen LogP contribution in [0.25, 0.3) is 10.2 Å². The summed E-state index contributed by atoms with van der Waals surface area (Å²) >= 11 is 1.66. The third-order valence-corrected chi connectivity index (χ3v) is 6.13. The molecular formula is C15H14N2O2S. The summed E-state index contributed by atoms with van der Waals surface area (Å²) in [7, 11) is 0. The summed E-state index contributed by atoms with van der Waals surface area (Å²) in [6.45, 7) is 1.08. The number of hydrogen-bond acceptors (Lipinski definition) is 4. The lowest BCUT2D eigenvalue weighted by atomic mass is 9.97. The van der Waals surface area contributed by atoms with Crippen molar-refractivity contribution in [3.8, 4) is 0 Å². The Balaban J connectivity index is 1.50. The summed E-state index contributed by atoms with van der Waals surface area (Å²) in [5.74, 6) is 0.876. The normalized spacial score (nSPS) is 32.3. The lowest BCUT2D eigenvalue weighted by Crippen LogP contribution is -2.60. The van der Waals surface area contributed by atoms with Crippen molar-refractivity contribution in [3.05, 3.63) is 29.3 Å². The van der Waals surface area contributed by atoms with E-state index in [2.05, 4.69) is 11.4 Å². The third-order valence-electron chi connectivity index (χ3n) is 4.89. The molecule has 102 valence electrons. The Morgan fingerprint density at radius 2 is 2.10 bits per heavy atom. The van der Waals surface area contributed by atoms with Crippen LogP contribution in [-0.4, -0.2) is 24.1 Å². The summed E-state index contributed by atoms with van der Waals surface area (Å²) in [4.78, 5) is 17.1. The molecule has 1 aliphatic heterocycles. The van der Waals surface area contributed by atoms with Crippen molar-refractivity contribution in [2.24, 2.45) is 11.3 Å². The van der Waals surface area contributed by atoms with Gasteiger partial charge in [0, 0.05) is 0 Å². The van der Waals surface area contributed by atoms with E-state index in [9.17, 15) is 4.79 Å². The fourth-order valence-electron chi connectivity index (χ4n) is 3.05. The van der Waals surface area contributed by atoms with Crippen LogP contribution in [-0.2, 0) is 15.1 Å². The highest BCUT2D eigenvalue weighted by Crippen LogP contribution is 2.75. The monoisotopic (exact) mass is 286 g/mol. The van der Waals surface area contributed by atoms with Crippen molar-refractivity contribution in [1.82, 2.24) is 10.3 Å². The van der Waals surface area contributed by atoms with Gasteiger partial charge in [-0.3, -0.25) is 4.79 Å². The standard InChI is InChI=1S/C15H14N2O2S/c18-12(14-5-9(14)6-14)17-15(7-19-8-15)13-16-10-3-1-2-4-11(10)20-13/h1-4,9H,5-8H2,(H,17,18). The van der Waals surface area contributed by atoms with Gasteiger partial charge >= 0.3 is 0 Å². The second kappa shape index (κ2) is 3.40. The van der Waals surface area contributed by atoms with Crippen molar-refractivity contribution in [1.29, 1.82) is 0 Å². The topological polar surface area (TPSA) is 51.2 Å². The Morgan fingerprint density at radius 1 is 1.35 bits per heavy atom. The lowest BCUT2D eigenvalue weighted by molar-refractivity contribution is -0.137. The van der Waals surface area contributed by atoms with Gasteiger partial charge in [0.2, 0.25) is 5.91 Å². The Hall–Kier alpha value is -1.46. The number of carbonyl (C=O) groups excluding carboxylic acids is 1. The molecule has 0 spiro atoms. The first-order chi connectivity index (χ1) is 9.72. The molecule has 0 unspecified atom stereocenters. The summed E-state index contributed by atoms with van der Waals surface area (Å²) in [5, 5.41) is 4.21. The number of carbonyl (C=O) groups is 1. The minimum Gasteiger partial charge on any atom is -0.375 e. The van der Waals surface area contributed by atoms with Crippen molar-refractivity contribution in [2.45, 2.75) is 18.4 Å². The number of fused-ring (bicyclic) bond motifs is 2. The molecule has 20 heavy (non-hydrogen) atoms. The maximum atomic E-state index is 12.4. The predicted octanol–water partition coefficient (Wildman–Crippen LogP) is 2.05. The van der Waals surface area contributed by atoms with Gasteiger partial charge in [-0.1, -0.05) is 12.1 Å². The van der Waals surface area contributed by atoms with Crippen LogP contribution in [0.15, 0.2) is 24.3 Å². The zero-order chi connectivity index (χ0) is 13.4. The quantitative estimate of drug-likeness (QED) is 0.939. The molecule has 3 fully saturated rings. The van der Waals surface area contributed by atoms with E-state index in [1.807, 2.05) is 18.2 Å². The van der Waals surface area contributed by atoms with E-state index in [1.54, 1.807) is 11.3 Å². The van der Waals surface area contributed by atoms with Gasteiger partial charge in [-0.25, -0.2) is 4.98 Å². The molecule has 1 amide bonds. The van der Waals surface area contributed by atoms with Crippen LogP contribution in [0.5, 0.6) is 0 Å². The van der Waals surface area contributed by atoms with Crippen LogP contribution in [0.3, 0.4) is 0 Å². The molecule has 2 heterocycles. The Kier molecular flexibility index (Phi) is 1.91. The fraction of sp³-hybridized carbons (Fsp3) is 0.467.